The van der Waals surface area contributed by atoms with E-state index >= 15 is 0 Å². The van der Waals surface area contributed by atoms with Gasteiger partial charge in [-0.1, -0.05) is 0 Å². The van der Waals surface area contributed by atoms with E-state index in [0.717, 1.165) is 0 Å². The molecule has 0 saturated heterocycles. The molecule has 88 valence electrons. The average molecular weight is 234 g/mol. The number of hydrogen-bond acceptors (Lipinski definition) is 5. The minimum Gasteiger partial charge on any atom is -0.484 e. The summed E-state index contributed by atoms with van der Waals surface area (Å²) in [6.07, 6.45) is 4.27. The fourth-order valence-electron chi connectivity index (χ4n) is 1.20. The highest BCUT2D eigenvalue weighted by Gasteiger charge is 2.06. The van der Waals surface area contributed by atoms with Crippen LogP contribution in [0.5, 0.6) is 5.75 Å². The summed E-state index contributed by atoms with van der Waals surface area (Å²) in [5.41, 5.74) is 0.0838. The number of aryl methyl sites for hydroxylation is 1. The fraction of sp³-hybridized carbons (Fsp3) is 0.200. The molecule has 0 fully saturated rings. The van der Waals surface area contributed by atoms with Gasteiger partial charge in [0.05, 0.1) is 11.8 Å². The lowest BCUT2D eigenvalue weighted by Crippen LogP contribution is -2.04. The Balaban J connectivity index is 2.07. The van der Waals surface area contributed by atoms with Gasteiger partial charge in [-0.2, -0.15) is 0 Å². The molecule has 0 aliphatic heterocycles. The maximum atomic E-state index is 10.7. The minimum atomic E-state index is -1.04. The van der Waals surface area contributed by atoms with E-state index in [9.17, 15) is 4.79 Å². The first-order valence-corrected chi connectivity index (χ1v) is 4.81. The van der Waals surface area contributed by atoms with E-state index in [0.29, 0.717) is 11.6 Å². The number of carboxylic acids is 1. The Labute approximate surface area is 96.7 Å². The number of pyridine rings is 1. The van der Waals surface area contributed by atoms with Crippen LogP contribution in [-0.2, 0) is 13.7 Å². The Morgan fingerprint density at radius 3 is 3.00 bits per heavy atom. The highest BCUT2D eigenvalue weighted by Crippen LogP contribution is 2.12. The average Bonchev–Trinajstić information content (AvgIpc) is 2.72. The summed E-state index contributed by atoms with van der Waals surface area (Å²) in [4.78, 5) is 14.5. The predicted molar refractivity (Wildman–Crippen MR) is 56.5 cm³/mol. The maximum Gasteiger partial charge on any atom is 0.337 e. The molecule has 0 amide bonds. The molecule has 2 heterocycles. The zero-order valence-electron chi connectivity index (χ0n) is 9.07. The number of nitrogens with zero attached hydrogens (tertiary/aromatic N) is 4. The smallest absolute Gasteiger partial charge is 0.337 e. The summed E-state index contributed by atoms with van der Waals surface area (Å²) in [5.74, 6) is -0.0137. The van der Waals surface area contributed by atoms with Crippen molar-refractivity contribution in [3.8, 4) is 5.75 Å². The second-order valence-corrected chi connectivity index (χ2v) is 3.36. The van der Waals surface area contributed by atoms with Crippen LogP contribution in [0.1, 0.15) is 16.2 Å². The summed E-state index contributed by atoms with van der Waals surface area (Å²) >= 11 is 0. The number of hydrogen-bond donors (Lipinski definition) is 1. The summed E-state index contributed by atoms with van der Waals surface area (Å²) in [6, 6.07) is 1.41. The molecule has 2 aromatic heterocycles. The zero-order valence-corrected chi connectivity index (χ0v) is 9.07. The molecular weight excluding hydrogens is 224 g/mol. The van der Waals surface area contributed by atoms with Gasteiger partial charge >= 0.3 is 5.97 Å². The maximum absolute atomic E-state index is 10.7. The van der Waals surface area contributed by atoms with Crippen LogP contribution >= 0.6 is 0 Å². The molecule has 0 bridgehead atoms. The van der Waals surface area contributed by atoms with Gasteiger partial charge in [0.1, 0.15) is 18.7 Å². The fourth-order valence-corrected chi connectivity index (χ4v) is 1.20. The Kier molecular flexibility index (Phi) is 2.99. The van der Waals surface area contributed by atoms with Crippen molar-refractivity contribution in [2.75, 3.05) is 0 Å². The molecule has 0 saturated carbocycles. The monoisotopic (exact) mass is 234 g/mol. The number of carboxylic acid groups (broad SMARTS) is 1. The number of aromatic carboxylic acids is 1. The van der Waals surface area contributed by atoms with Crippen molar-refractivity contribution in [3.63, 3.8) is 0 Å². The van der Waals surface area contributed by atoms with Crippen LogP contribution in [0.25, 0.3) is 0 Å². The third kappa shape index (κ3) is 2.57. The van der Waals surface area contributed by atoms with E-state index < -0.39 is 5.97 Å². The van der Waals surface area contributed by atoms with Gasteiger partial charge in [0.2, 0.25) is 0 Å². The van der Waals surface area contributed by atoms with E-state index in [1.165, 1.54) is 18.5 Å². The van der Waals surface area contributed by atoms with Crippen molar-refractivity contribution < 1.29 is 14.6 Å². The van der Waals surface area contributed by atoms with Crippen LogP contribution in [0.3, 0.4) is 0 Å². The summed E-state index contributed by atoms with van der Waals surface area (Å²) < 4.78 is 7.09. The molecule has 0 aliphatic rings. The molecule has 2 aromatic rings. The minimum absolute atomic E-state index is 0.0838. The third-order valence-corrected chi connectivity index (χ3v) is 2.13. The van der Waals surface area contributed by atoms with Crippen LogP contribution < -0.4 is 4.74 Å². The summed E-state index contributed by atoms with van der Waals surface area (Å²) in [7, 11) is 1.80. The first-order chi connectivity index (χ1) is 8.16. The van der Waals surface area contributed by atoms with Crippen LogP contribution in [0.15, 0.2) is 24.8 Å². The largest absolute Gasteiger partial charge is 0.484 e. The van der Waals surface area contributed by atoms with Crippen molar-refractivity contribution >= 4 is 5.97 Å². The van der Waals surface area contributed by atoms with E-state index in [2.05, 4.69) is 15.2 Å². The Hall–Kier alpha value is -2.44. The molecule has 0 unspecified atom stereocenters. The number of aromatic nitrogens is 4. The molecule has 7 nitrogen and oxygen atoms in total. The van der Waals surface area contributed by atoms with Crippen LogP contribution in [-0.4, -0.2) is 30.8 Å². The van der Waals surface area contributed by atoms with E-state index in [1.807, 2.05) is 0 Å². The summed E-state index contributed by atoms with van der Waals surface area (Å²) in [6.45, 7) is 0.210. The molecule has 17 heavy (non-hydrogen) atoms. The highest BCUT2D eigenvalue weighted by molar-refractivity contribution is 5.87. The van der Waals surface area contributed by atoms with Gasteiger partial charge in [0.15, 0.2) is 5.82 Å². The van der Waals surface area contributed by atoms with Gasteiger partial charge in [-0.05, 0) is 6.07 Å². The first-order valence-electron chi connectivity index (χ1n) is 4.81. The quantitative estimate of drug-likeness (QED) is 0.827. The van der Waals surface area contributed by atoms with Gasteiger partial charge < -0.3 is 14.4 Å². The summed E-state index contributed by atoms with van der Waals surface area (Å²) in [5, 5.41) is 16.3. The Bertz CT molecular complexity index is 538. The van der Waals surface area contributed by atoms with Crippen molar-refractivity contribution in [2.24, 2.45) is 7.05 Å². The Morgan fingerprint density at radius 2 is 2.35 bits per heavy atom. The zero-order chi connectivity index (χ0) is 12.3. The molecular formula is C10H10N4O3. The van der Waals surface area contributed by atoms with Gasteiger partial charge in [0.25, 0.3) is 0 Å². The second-order valence-electron chi connectivity index (χ2n) is 3.36. The van der Waals surface area contributed by atoms with Crippen molar-refractivity contribution in [2.45, 2.75) is 6.61 Å². The van der Waals surface area contributed by atoms with Crippen LogP contribution in [0, 0.1) is 0 Å². The van der Waals surface area contributed by atoms with E-state index in [-0.39, 0.29) is 12.2 Å². The predicted octanol–water partition coefficient (Wildman–Crippen LogP) is 0.487. The number of rotatable bonds is 4. The normalized spacial score (nSPS) is 10.2. The molecule has 0 atom stereocenters. The van der Waals surface area contributed by atoms with Gasteiger partial charge in [-0.3, -0.25) is 4.98 Å². The number of ether oxygens (including phenoxy) is 1. The second kappa shape index (κ2) is 4.60. The van der Waals surface area contributed by atoms with Crippen LogP contribution in [0.4, 0.5) is 0 Å². The SMILES string of the molecule is Cn1cnnc1COc1cncc(C(=O)O)c1. The van der Waals surface area contributed by atoms with E-state index in [4.69, 9.17) is 9.84 Å². The molecule has 2 rings (SSSR count). The molecule has 0 radical (unpaired) electrons. The highest BCUT2D eigenvalue weighted by atomic mass is 16.5. The van der Waals surface area contributed by atoms with Gasteiger partial charge in [-0.25, -0.2) is 4.79 Å². The topological polar surface area (TPSA) is 90.1 Å². The van der Waals surface area contributed by atoms with Crippen LogP contribution in [0.2, 0.25) is 0 Å². The van der Waals surface area contributed by atoms with Crippen molar-refractivity contribution in [3.05, 3.63) is 36.2 Å². The molecule has 1 N–H and O–H groups in total. The first kappa shape index (κ1) is 11.1. The molecule has 0 aliphatic carbocycles. The molecule has 7 heteroatoms. The van der Waals surface area contributed by atoms with Gasteiger partial charge in [-0.15, -0.1) is 10.2 Å². The lowest BCUT2D eigenvalue weighted by molar-refractivity contribution is 0.0696. The molecule has 0 spiro atoms. The van der Waals surface area contributed by atoms with Crippen molar-refractivity contribution in [1.29, 1.82) is 0 Å². The molecule has 0 aromatic carbocycles. The van der Waals surface area contributed by atoms with Crippen molar-refractivity contribution in [1.82, 2.24) is 19.7 Å². The van der Waals surface area contributed by atoms with E-state index in [1.54, 1.807) is 17.9 Å². The standard InChI is InChI=1S/C10H10N4O3/c1-14-6-12-13-9(14)5-17-8-2-7(10(15)16)3-11-4-8/h2-4,6H,5H2,1H3,(H,15,16). The van der Waals surface area contributed by atoms with Gasteiger partial charge in [0, 0.05) is 13.2 Å². The Morgan fingerprint density at radius 1 is 1.53 bits per heavy atom. The lowest BCUT2D eigenvalue weighted by atomic mass is 10.3. The third-order valence-electron chi connectivity index (χ3n) is 2.13. The number of carbonyl (C=O) groups is 1. The lowest BCUT2D eigenvalue weighted by Gasteiger charge is -2.05.